The van der Waals surface area contributed by atoms with Crippen LogP contribution in [0.15, 0.2) is 41.4 Å². The van der Waals surface area contributed by atoms with Crippen molar-refractivity contribution in [2.75, 3.05) is 0 Å². The van der Waals surface area contributed by atoms with E-state index in [4.69, 9.17) is 24.7 Å². The molecule has 48 heavy (non-hydrogen) atoms. The number of benzene rings is 2. The molecule has 2 aromatic carbocycles. The van der Waals surface area contributed by atoms with E-state index in [1.54, 1.807) is 92.6 Å². The van der Waals surface area contributed by atoms with Crippen LogP contribution >= 0.6 is 0 Å². The molecule has 260 valence electrons. The van der Waals surface area contributed by atoms with E-state index in [9.17, 15) is 24.0 Å². The van der Waals surface area contributed by atoms with Gasteiger partial charge >= 0.3 is 24.0 Å². The second-order valence-electron chi connectivity index (χ2n) is 14.6. The molecule has 1 aliphatic rings. The molecule has 2 aromatic rings. The van der Waals surface area contributed by atoms with Gasteiger partial charge in [0.1, 0.15) is 34.4 Å². The van der Waals surface area contributed by atoms with Gasteiger partial charge in [-0.05, 0) is 123 Å². The fraction of sp³-hybridized carbons (Fsp3) is 0.500. The second kappa shape index (κ2) is 15.0. The summed E-state index contributed by atoms with van der Waals surface area (Å²) in [6, 6.07) is 8.92. The first-order chi connectivity index (χ1) is 22.1. The molecule has 0 radical (unpaired) electrons. The summed E-state index contributed by atoms with van der Waals surface area (Å²) >= 11 is 0. The van der Waals surface area contributed by atoms with Crippen LogP contribution < -0.4 is 15.8 Å². The van der Waals surface area contributed by atoms with Crippen LogP contribution in [-0.4, -0.2) is 58.6 Å². The van der Waals surface area contributed by atoms with Gasteiger partial charge in [0.05, 0.1) is 12.0 Å². The van der Waals surface area contributed by atoms with Gasteiger partial charge < -0.3 is 30.0 Å². The maximum atomic E-state index is 13.2. The minimum Gasteiger partial charge on any atom is -0.460 e. The normalized spacial score (nSPS) is 14.3. The number of rotatable bonds is 8. The van der Waals surface area contributed by atoms with Crippen molar-refractivity contribution < 1.29 is 42.9 Å². The number of hydrogen-bond acceptors (Lipinski definition) is 9. The molecule has 1 aliphatic heterocycles. The van der Waals surface area contributed by atoms with E-state index in [2.05, 4.69) is 10.3 Å². The van der Waals surface area contributed by atoms with Gasteiger partial charge in [-0.2, -0.15) is 4.99 Å². The summed E-state index contributed by atoms with van der Waals surface area (Å²) in [5.74, 6) is -2.10. The lowest BCUT2D eigenvalue weighted by Crippen LogP contribution is -2.46. The number of amides is 2. The van der Waals surface area contributed by atoms with E-state index < -0.39 is 52.8 Å². The summed E-state index contributed by atoms with van der Waals surface area (Å²) in [5, 5.41) is 2.63. The molecule has 1 heterocycles. The lowest BCUT2D eigenvalue weighted by molar-refractivity contribution is -0.165. The van der Waals surface area contributed by atoms with Crippen molar-refractivity contribution in [2.24, 2.45) is 10.7 Å². The Hall–Kier alpha value is -4.74. The summed E-state index contributed by atoms with van der Waals surface area (Å²) in [5.41, 5.74) is 6.77. The monoisotopic (exact) mass is 665 g/mol. The number of nitrogens with one attached hydrogen (secondary N) is 1. The average Bonchev–Trinajstić information content (AvgIpc) is 2.91. The van der Waals surface area contributed by atoms with Crippen LogP contribution in [0.5, 0.6) is 5.75 Å². The van der Waals surface area contributed by atoms with Gasteiger partial charge in [0.2, 0.25) is 5.91 Å². The lowest BCUT2D eigenvalue weighted by Gasteiger charge is -2.26. The van der Waals surface area contributed by atoms with Crippen LogP contribution in [0, 0.1) is 0 Å². The number of nitrogens with two attached hydrogens (primary N) is 1. The molecule has 2 amide bonds. The van der Waals surface area contributed by atoms with Gasteiger partial charge in [0, 0.05) is 12.0 Å². The van der Waals surface area contributed by atoms with E-state index in [-0.39, 0.29) is 25.1 Å². The highest BCUT2D eigenvalue weighted by molar-refractivity contribution is 6.03. The quantitative estimate of drug-likeness (QED) is 0.126. The maximum absolute atomic E-state index is 13.2. The van der Waals surface area contributed by atoms with Crippen molar-refractivity contribution in [3.05, 3.63) is 64.2 Å². The predicted octanol–water partition coefficient (Wildman–Crippen LogP) is 5.14. The zero-order valence-electron chi connectivity index (χ0n) is 29.3. The number of hydrogen-bond donors (Lipinski definition) is 2. The van der Waals surface area contributed by atoms with Crippen LogP contribution in [0.2, 0.25) is 0 Å². The molecular formula is C36H47N3O9. The SMILES string of the molecule is CC(C)(C)OC(=O)C[C@H](NC(=O)CCc1cccc2c1CCc1cc(/C(N)=N\C(=O)OC(C)(C)C)ccc1OC2=O)C(=O)OC(C)(C)C. The van der Waals surface area contributed by atoms with E-state index >= 15 is 0 Å². The van der Waals surface area contributed by atoms with Crippen molar-refractivity contribution in [1.29, 1.82) is 0 Å². The predicted molar refractivity (Wildman–Crippen MR) is 179 cm³/mol. The molecule has 0 aliphatic carbocycles. The molecule has 0 bridgehead atoms. The summed E-state index contributed by atoms with van der Waals surface area (Å²) < 4.78 is 21.8. The number of aliphatic imine (C=N–C) groups is 1. The third-order valence-corrected chi connectivity index (χ3v) is 6.74. The Morgan fingerprint density at radius 2 is 1.54 bits per heavy atom. The lowest BCUT2D eigenvalue weighted by atomic mass is 9.91. The van der Waals surface area contributed by atoms with Crippen molar-refractivity contribution in [3.63, 3.8) is 0 Å². The van der Waals surface area contributed by atoms with E-state index in [0.29, 0.717) is 35.3 Å². The molecule has 0 aromatic heterocycles. The molecule has 0 saturated heterocycles. The molecule has 0 saturated carbocycles. The number of fused-ring (bicyclic) bond motifs is 2. The van der Waals surface area contributed by atoms with E-state index in [1.807, 2.05) is 6.07 Å². The molecule has 3 N–H and O–H groups in total. The standard InChI is InChI=1S/C36H47N3O9/c1-34(2,3)46-29(41)20-26(32(43)47-35(4,5)6)38-28(40)18-15-21-11-10-12-25-24(21)16-13-22-19-23(14-17-27(22)45-31(25)42)30(37)39-33(44)48-36(7,8)9/h10-12,14,17,19,26H,13,15-16,18,20H2,1-9H3,(H,38,40)(H2,37,39,44)/t26-/m0/s1. The topological polar surface area (TPSA) is 173 Å². The third kappa shape index (κ3) is 11.8. The van der Waals surface area contributed by atoms with Crippen LogP contribution in [0.1, 0.15) is 108 Å². The van der Waals surface area contributed by atoms with Gasteiger partial charge in [-0.1, -0.05) is 12.1 Å². The smallest absolute Gasteiger partial charge is 0.436 e. The molecule has 3 rings (SSSR count). The first kappa shape index (κ1) is 37.7. The van der Waals surface area contributed by atoms with Crippen LogP contribution in [0.25, 0.3) is 0 Å². The van der Waals surface area contributed by atoms with Gasteiger partial charge in [-0.25, -0.2) is 14.4 Å². The highest BCUT2D eigenvalue weighted by Crippen LogP contribution is 2.29. The second-order valence-corrected chi connectivity index (χ2v) is 14.6. The molecule has 0 unspecified atom stereocenters. The summed E-state index contributed by atoms with van der Waals surface area (Å²) in [4.78, 5) is 67.8. The van der Waals surface area contributed by atoms with Gasteiger partial charge in [-0.15, -0.1) is 0 Å². The number of esters is 3. The van der Waals surface area contributed by atoms with Crippen molar-refractivity contribution >= 4 is 35.7 Å². The first-order valence-electron chi connectivity index (χ1n) is 15.9. The minimum atomic E-state index is -1.24. The fourth-order valence-corrected chi connectivity index (χ4v) is 4.88. The average molecular weight is 666 g/mol. The zero-order valence-corrected chi connectivity index (χ0v) is 29.3. The Labute approximate surface area is 281 Å². The van der Waals surface area contributed by atoms with Crippen LogP contribution in [0.4, 0.5) is 4.79 Å². The molecular weight excluding hydrogens is 618 g/mol. The molecule has 12 heteroatoms. The van der Waals surface area contributed by atoms with E-state index in [1.165, 1.54) is 0 Å². The van der Waals surface area contributed by atoms with Gasteiger partial charge in [0.25, 0.3) is 0 Å². The number of ether oxygens (including phenoxy) is 4. The number of nitrogens with zero attached hydrogens (tertiary/aromatic N) is 1. The summed E-state index contributed by atoms with van der Waals surface area (Å²) in [6.45, 7) is 15.4. The van der Waals surface area contributed by atoms with Crippen LogP contribution in [-0.2, 0) is 47.9 Å². The highest BCUT2D eigenvalue weighted by Gasteiger charge is 2.31. The van der Waals surface area contributed by atoms with Crippen molar-refractivity contribution in [2.45, 2.75) is 117 Å². The zero-order chi connectivity index (χ0) is 36.0. The Kier molecular flexibility index (Phi) is 11.8. The fourth-order valence-electron chi connectivity index (χ4n) is 4.88. The maximum Gasteiger partial charge on any atom is 0.436 e. The molecule has 1 atom stereocenters. The largest absolute Gasteiger partial charge is 0.460 e. The Morgan fingerprint density at radius 3 is 2.17 bits per heavy atom. The van der Waals surface area contributed by atoms with Gasteiger partial charge in [-0.3, -0.25) is 9.59 Å². The Bertz CT molecular complexity index is 1590. The molecule has 12 nitrogen and oxygen atoms in total. The Morgan fingerprint density at radius 1 is 0.896 bits per heavy atom. The van der Waals surface area contributed by atoms with Crippen molar-refractivity contribution in [1.82, 2.24) is 5.32 Å². The summed E-state index contributed by atoms with van der Waals surface area (Å²) in [7, 11) is 0. The Balaban J connectivity index is 1.77. The summed E-state index contributed by atoms with van der Waals surface area (Å²) in [6.07, 6.45) is -0.0820. The number of carbonyl (C=O) groups is 5. The third-order valence-electron chi connectivity index (χ3n) is 6.74. The number of aryl methyl sites for hydroxylation is 2. The minimum absolute atomic E-state index is 0.0302. The van der Waals surface area contributed by atoms with Crippen molar-refractivity contribution in [3.8, 4) is 5.75 Å². The highest BCUT2D eigenvalue weighted by atomic mass is 16.6. The number of amidine groups is 1. The molecule has 0 fully saturated rings. The van der Waals surface area contributed by atoms with Crippen LogP contribution in [0.3, 0.4) is 0 Å². The first-order valence-corrected chi connectivity index (χ1v) is 15.9. The van der Waals surface area contributed by atoms with Gasteiger partial charge in [0.15, 0.2) is 0 Å². The number of carbonyl (C=O) groups excluding carboxylic acids is 5. The molecule has 0 spiro atoms. The van der Waals surface area contributed by atoms with E-state index in [0.717, 1.165) is 11.1 Å².